The lowest BCUT2D eigenvalue weighted by Crippen LogP contribution is -2.62. The zero-order valence-electron chi connectivity index (χ0n) is 26.0. The van der Waals surface area contributed by atoms with Crippen LogP contribution in [0.15, 0.2) is 0 Å². The second kappa shape index (κ2) is 11.8. The number of hydrogen-bond acceptors (Lipinski definition) is 6. The molecule has 3 rings (SSSR count). The lowest BCUT2D eigenvalue weighted by molar-refractivity contribution is -0.145. The molecule has 0 aromatic rings. The first-order valence-corrected chi connectivity index (χ1v) is 14.7. The van der Waals surface area contributed by atoms with Crippen molar-refractivity contribution >= 4 is 29.7 Å². The molecule has 6 amide bonds. The maximum atomic E-state index is 14.1. The van der Waals surface area contributed by atoms with Crippen LogP contribution in [0.1, 0.15) is 75.2 Å². The van der Waals surface area contributed by atoms with E-state index < -0.39 is 58.9 Å². The Balaban J connectivity index is 1.86. The number of likely N-dealkylation sites (N-methyl/N-ethyl adjacent to an activating group) is 1. The van der Waals surface area contributed by atoms with E-state index in [2.05, 4.69) is 40.4 Å². The van der Waals surface area contributed by atoms with Gasteiger partial charge in [0.15, 0.2) is 6.10 Å². The third-order valence-corrected chi connectivity index (χ3v) is 8.67. The Morgan fingerprint density at radius 1 is 1.10 bits per heavy atom. The summed E-state index contributed by atoms with van der Waals surface area (Å²) < 4.78 is 0. The van der Waals surface area contributed by atoms with Gasteiger partial charge in [-0.15, -0.1) is 0 Å². The molecular weight excluding hydrogens is 528 g/mol. The summed E-state index contributed by atoms with van der Waals surface area (Å²) in [4.78, 5) is 67.2. The average molecular weight is 579 g/mol. The van der Waals surface area contributed by atoms with Gasteiger partial charge in [0, 0.05) is 31.1 Å². The summed E-state index contributed by atoms with van der Waals surface area (Å²) in [5.41, 5.74) is -1.33. The van der Waals surface area contributed by atoms with Gasteiger partial charge >= 0.3 is 6.03 Å². The van der Waals surface area contributed by atoms with Gasteiger partial charge in [-0.25, -0.2) is 4.79 Å². The Kier molecular flexibility index (Phi) is 9.37. The molecule has 1 saturated carbocycles. The molecule has 3 unspecified atom stereocenters. The molecule has 2 aliphatic heterocycles. The van der Waals surface area contributed by atoms with E-state index in [1.807, 2.05) is 41.5 Å². The van der Waals surface area contributed by atoms with Crippen molar-refractivity contribution in [3.05, 3.63) is 0 Å². The molecule has 0 spiro atoms. The highest BCUT2D eigenvalue weighted by Gasteiger charge is 2.70. The summed E-state index contributed by atoms with van der Waals surface area (Å²) in [5.74, 6) is -2.13. The third kappa shape index (κ3) is 7.31. The van der Waals surface area contributed by atoms with Crippen molar-refractivity contribution in [1.29, 1.82) is 0 Å². The smallest absolute Gasteiger partial charge is 0.315 e. The van der Waals surface area contributed by atoms with Crippen LogP contribution in [0, 0.1) is 28.6 Å². The van der Waals surface area contributed by atoms with Crippen LogP contribution >= 0.6 is 0 Å². The number of urea groups is 1. The molecule has 12 heteroatoms. The number of fused-ring (bicyclic) bond motifs is 1. The second-order valence-corrected chi connectivity index (χ2v) is 14.5. The van der Waals surface area contributed by atoms with Crippen molar-refractivity contribution in [2.24, 2.45) is 28.6 Å². The van der Waals surface area contributed by atoms with E-state index in [4.69, 9.17) is 0 Å². The fraction of sp³-hybridized carbons (Fsp3) is 0.828. The number of likely N-dealkylation sites (tertiary alicyclic amines) is 1. The third-order valence-electron chi connectivity index (χ3n) is 8.67. The van der Waals surface area contributed by atoms with E-state index >= 15 is 0 Å². The second-order valence-electron chi connectivity index (χ2n) is 14.5. The number of aliphatic hydroxyl groups excluding tert-OH is 1. The molecule has 12 nitrogen and oxygen atoms in total. The van der Waals surface area contributed by atoms with Gasteiger partial charge in [-0.1, -0.05) is 34.6 Å². The van der Waals surface area contributed by atoms with Crippen LogP contribution in [0.3, 0.4) is 0 Å². The lowest BCUT2D eigenvalue weighted by Gasteiger charge is -2.38. The number of nitrogens with zero attached hydrogens (tertiary/aromatic N) is 1. The predicted octanol–water partition coefficient (Wildman–Crippen LogP) is 0.490. The molecular formula is C29H50N6O6. The first-order chi connectivity index (χ1) is 18.8. The zero-order valence-corrected chi connectivity index (χ0v) is 26.0. The van der Waals surface area contributed by atoms with Gasteiger partial charge in [0.2, 0.25) is 17.7 Å². The summed E-state index contributed by atoms with van der Waals surface area (Å²) in [6.07, 6.45) is -0.937. The molecule has 232 valence electrons. The number of nitrogens with one attached hydrogen (secondary N) is 5. The maximum Gasteiger partial charge on any atom is 0.315 e. The Hall–Kier alpha value is -2.89. The van der Waals surface area contributed by atoms with Crippen LogP contribution in [0.2, 0.25) is 0 Å². The summed E-state index contributed by atoms with van der Waals surface area (Å²) >= 11 is 0. The number of hydrogen-bond donors (Lipinski definition) is 6. The molecule has 3 aliphatic rings. The van der Waals surface area contributed by atoms with Crippen LogP contribution in [-0.2, 0) is 19.2 Å². The van der Waals surface area contributed by atoms with Crippen molar-refractivity contribution in [3.8, 4) is 0 Å². The highest BCUT2D eigenvalue weighted by Crippen LogP contribution is 2.65. The quantitative estimate of drug-likeness (QED) is 0.233. The Morgan fingerprint density at radius 2 is 1.73 bits per heavy atom. The maximum absolute atomic E-state index is 14.1. The SMILES string of the molecule is CCNC(=O)C(O)[C@H](CC1CCNC1=O)NC(=O)[C@@H]1[C@@H]2[C@H](CN1C(=O)C(NC(=O)NC(C)(C)C)C(C)(C)C)C2(C)C. The topological polar surface area (TPSA) is 169 Å². The zero-order chi connectivity index (χ0) is 31.1. The first-order valence-electron chi connectivity index (χ1n) is 14.7. The summed E-state index contributed by atoms with van der Waals surface area (Å²) in [6, 6.07) is -3.24. The molecule has 0 radical (unpaired) electrons. The fourth-order valence-corrected chi connectivity index (χ4v) is 6.31. The van der Waals surface area contributed by atoms with Crippen molar-refractivity contribution in [2.45, 2.75) is 105 Å². The minimum atomic E-state index is -1.56. The van der Waals surface area contributed by atoms with E-state index in [9.17, 15) is 29.1 Å². The average Bonchev–Trinajstić information content (AvgIpc) is 3.17. The predicted molar refractivity (Wildman–Crippen MR) is 153 cm³/mol. The van der Waals surface area contributed by atoms with Crippen LogP contribution < -0.4 is 26.6 Å². The molecule has 0 aromatic carbocycles. The van der Waals surface area contributed by atoms with E-state index in [1.165, 1.54) is 0 Å². The number of aliphatic hydroxyl groups is 1. The molecule has 6 N–H and O–H groups in total. The summed E-state index contributed by atoms with van der Waals surface area (Å²) in [6.45, 7) is 18.1. The van der Waals surface area contributed by atoms with E-state index in [0.29, 0.717) is 26.1 Å². The van der Waals surface area contributed by atoms with Gasteiger partial charge in [-0.3, -0.25) is 19.2 Å². The molecule has 2 heterocycles. The standard InChI is InChI=1S/C29H50N6O6/c1-10-30-24(39)20(36)17(13-15-11-12-31-22(15)37)32-23(38)19-18-16(29(18,8)9)14-35(19)25(40)21(27(2,3)4)33-26(41)34-28(5,6)7/h15-21,36H,10-14H2,1-9H3,(H,30,39)(H,31,37)(H,32,38)(H2,33,34,41)/t15?,16-,17-,18-,19-,20?,21?/m0/s1. The Bertz CT molecular complexity index is 1050. The van der Waals surface area contributed by atoms with E-state index in [1.54, 1.807) is 11.8 Å². The monoisotopic (exact) mass is 578 g/mol. The number of carbonyl (C=O) groups is 5. The molecule has 2 saturated heterocycles. The summed E-state index contributed by atoms with van der Waals surface area (Å²) in [7, 11) is 0. The van der Waals surface area contributed by atoms with Crippen molar-refractivity contribution in [1.82, 2.24) is 31.5 Å². The van der Waals surface area contributed by atoms with Gasteiger partial charge in [0.05, 0.1) is 6.04 Å². The van der Waals surface area contributed by atoms with Crippen LogP contribution in [0.4, 0.5) is 4.79 Å². The van der Waals surface area contributed by atoms with Crippen LogP contribution in [0.25, 0.3) is 0 Å². The van der Waals surface area contributed by atoms with Gasteiger partial charge in [-0.05, 0) is 63.2 Å². The van der Waals surface area contributed by atoms with Crippen LogP contribution in [-0.4, -0.2) is 89.1 Å². The number of amides is 6. The van der Waals surface area contributed by atoms with Crippen molar-refractivity contribution in [3.63, 3.8) is 0 Å². The molecule has 3 fully saturated rings. The normalized spacial score (nSPS) is 27.2. The number of piperidine rings is 1. The minimum absolute atomic E-state index is 0.0905. The minimum Gasteiger partial charge on any atom is -0.381 e. The number of rotatable bonds is 9. The Labute approximate surface area is 243 Å². The van der Waals surface area contributed by atoms with Gasteiger partial charge < -0.3 is 36.6 Å². The van der Waals surface area contributed by atoms with Crippen molar-refractivity contribution < 1.29 is 29.1 Å². The van der Waals surface area contributed by atoms with Gasteiger partial charge in [0.1, 0.15) is 12.1 Å². The highest BCUT2D eigenvalue weighted by molar-refractivity contribution is 5.94. The van der Waals surface area contributed by atoms with E-state index in [-0.39, 0.29) is 35.5 Å². The lowest BCUT2D eigenvalue weighted by atomic mass is 9.85. The largest absolute Gasteiger partial charge is 0.381 e. The highest BCUT2D eigenvalue weighted by atomic mass is 16.3. The Morgan fingerprint density at radius 3 is 2.24 bits per heavy atom. The first kappa shape index (κ1) is 32.6. The molecule has 41 heavy (non-hydrogen) atoms. The van der Waals surface area contributed by atoms with Gasteiger partial charge in [0.25, 0.3) is 5.91 Å². The molecule has 0 bridgehead atoms. The molecule has 1 aliphatic carbocycles. The fourth-order valence-electron chi connectivity index (χ4n) is 6.31. The summed E-state index contributed by atoms with van der Waals surface area (Å²) in [5, 5.41) is 24.7. The molecule has 7 atom stereocenters. The van der Waals surface area contributed by atoms with Gasteiger partial charge in [-0.2, -0.15) is 0 Å². The van der Waals surface area contributed by atoms with Crippen LogP contribution in [0.5, 0.6) is 0 Å². The van der Waals surface area contributed by atoms with E-state index in [0.717, 1.165) is 0 Å². The molecule has 0 aromatic heterocycles. The van der Waals surface area contributed by atoms with Crippen molar-refractivity contribution in [2.75, 3.05) is 19.6 Å². The number of carbonyl (C=O) groups excluding carboxylic acids is 5.